The molecule has 1 saturated carbocycles. The summed E-state index contributed by atoms with van der Waals surface area (Å²) in [5.74, 6) is 0.713. The molecule has 1 amide bonds. The molecule has 0 saturated heterocycles. The monoisotopic (exact) mass is 405 g/mol. The topological polar surface area (TPSA) is 47.4 Å². The molecule has 5 nitrogen and oxygen atoms in total. The van der Waals surface area contributed by atoms with Crippen LogP contribution >= 0.6 is 0 Å². The smallest absolute Gasteiger partial charge is 0.224 e. The molecular formula is C24H24FN3O2. The summed E-state index contributed by atoms with van der Waals surface area (Å²) in [4.78, 5) is 13.9. The average molecular weight is 405 g/mol. The summed E-state index contributed by atoms with van der Waals surface area (Å²) >= 11 is 0. The van der Waals surface area contributed by atoms with Crippen LogP contribution in [0.1, 0.15) is 44.7 Å². The molecule has 2 aromatic carbocycles. The number of benzene rings is 2. The number of carbonyl (C=O) groups excluding carboxylic acids is 1. The van der Waals surface area contributed by atoms with Gasteiger partial charge in [-0.1, -0.05) is 18.2 Å². The zero-order chi connectivity index (χ0) is 20.8. The molecule has 154 valence electrons. The second-order valence-corrected chi connectivity index (χ2v) is 8.19. The van der Waals surface area contributed by atoms with Crippen LogP contribution in [0.5, 0.6) is 11.5 Å². The van der Waals surface area contributed by atoms with E-state index < -0.39 is 5.82 Å². The number of hydrogen-bond donors (Lipinski definition) is 0. The number of fused-ring (bicyclic) bond motifs is 1. The van der Waals surface area contributed by atoms with E-state index in [0.717, 1.165) is 30.4 Å². The molecule has 1 aliphatic carbocycles. The van der Waals surface area contributed by atoms with Crippen LogP contribution in [0.2, 0.25) is 0 Å². The number of hydrogen-bond acceptors (Lipinski definition) is 3. The Morgan fingerprint density at radius 1 is 1.20 bits per heavy atom. The Hall–Kier alpha value is -3.15. The molecule has 1 aromatic heterocycles. The van der Waals surface area contributed by atoms with Crippen LogP contribution in [0.15, 0.2) is 48.8 Å². The van der Waals surface area contributed by atoms with Crippen LogP contribution in [-0.4, -0.2) is 21.7 Å². The van der Waals surface area contributed by atoms with Gasteiger partial charge in [0.2, 0.25) is 5.91 Å². The Balaban J connectivity index is 1.69. The van der Waals surface area contributed by atoms with Gasteiger partial charge in [0.05, 0.1) is 17.9 Å². The molecule has 6 heteroatoms. The first-order chi connectivity index (χ1) is 14.5. The van der Waals surface area contributed by atoms with E-state index in [0.29, 0.717) is 35.2 Å². The van der Waals surface area contributed by atoms with E-state index >= 15 is 4.39 Å². The van der Waals surface area contributed by atoms with E-state index in [-0.39, 0.29) is 11.9 Å². The van der Waals surface area contributed by atoms with Gasteiger partial charge in [0.1, 0.15) is 17.3 Å². The van der Waals surface area contributed by atoms with Gasteiger partial charge in [-0.05, 0) is 50.8 Å². The molecule has 0 N–H and O–H groups in total. The predicted octanol–water partition coefficient (Wildman–Crippen LogP) is 5.50. The fourth-order valence-electron chi connectivity index (χ4n) is 4.29. The van der Waals surface area contributed by atoms with Gasteiger partial charge in [0.15, 0.2) is 0 Å². The van der Waals surface area contributed by atoms with Crippen molar-refractivity contribution in [2.24, 2.45) is 0 Å². The minimum atomic E-state index is -0.402. The highest BCUT2D eigenvalue weighted by Crippen LogP contribution is 2.46. The molecule has 30 heavy (non-hydrogen) atoms. The maximum Gasteiger partial charge on any atom is 0.224 e. The van der Waals surface area contributed by atoms with Gasteiger partial charge < -0.3 is 9.64 Å². The lowest BCUT2D eigenvalue weighted by atomic mass is 9.91. The van der Waals surface area contributed by atoms with Crippen molar-refractivity contribution in [1.29, 1.82) is 0 Å². The fourth-order valence-corrected chi connectivity index (χ4v) is 4.29. The standard InChI is InChI=1S/C24H24FN3O2/c1-15-8-11-20-23(28(15)16(2)29)22(25)12-21(17-13-26-27(14-17)18-9-10-18)24(20)30-19-6-4-3-5-7-19/h3-7,12-15,18H,8-11H2,1-2H3. The fraction of sp³-hybridized carbons (Fsp3) is 0.333. The quantitative estimate of drug-likeness (QED) is 0.575. The van der Waals surface area contributed by atoms with Crippen molar-refractivity contribution in [2.45, 2.75) is 51.6 Å². The van der Waals surface area contributed by atoms with Gasteiger partial charge in [-0.3, -0.25) is 9.48 Å². The summed E-state index contributed by atoms with van der Waals surface area (Å²) in [7, 11) is 0. The summed E-state index contributed by atoms with van der Waals surface area (Å²) in [6.45, 7) is 3.44. The normalized spacial score (nSPS) is 18.2. The number of halogens is 1. The molecule has 0 bridgehead atoms. The number of ether oxygens (including phenoxy) is 1. The highest BCUT2D eigenvalue weighted by Gasteiger charge is 2.34. The summed E-state index contributed by atoms with van der Waals surface area (Å²) in [5, 5.41) is 4.47. The molecule has 2 heterocycles. The molecule has 1 unspecified atom stereocenters. The Morgan fingerprint density at radius 3 is 2.67 bits per heavy atom. The minimum Gasteiger partial charge on any atom is -0.456 e. The molecule has 5 rings (SSSR count). The van der Waals surface area contributed by atoms with Gasteiger partial charge in [-0.15, -0.1) is 0 Å². The first kappa shape index (κ1) is 18.9. The van der Waals surface area contributed by atoms with E-state index in [4.69, 9.17) is 4.74 Å². The Labute approximate surface area is 175 Å². The largest absolute Gasteiger partial charge is 0.456 e. The van der Waals surface area contributed by atoms with Gasteiger partial charge in [-0.2, -0.15) is 5.10 Å². The molecule has 3 aromatic rings. The van der Waals surface area contributed by atoms with Crippen molar-refractivity contribution in [3.8, 4) is 22.6 Å². The van der Waals surface area contributed by atoms with Crippen molar-refractivity contribution in [3.05, 3.63) is 60.2 Å². The van der Waals surface area contributed by atoms with Gasteiger partial charge >= 0.3 is 0 Å². The molecule has 1 aliphatic heterocycles. The van der Waals surface area contributed by atoms with Gasteiger partial charge in [-0.25, -0.2) is 4.39 Å². The van der Waals surface area contributed by atoms with Crippen LogP contribution < -0.4 is 9.64 Å². The lowest BCUT2D eigenvalue weighted by Gasteiger charge is -2.36. The first-order valence-electron chi connectivity index (χ1n) is 10.5. The number of nitrogens with zero attached hydrogens (tertiary/aromatic N) is 3. The molecule has 0 spiro atoms. The number of amides is 1. The number of aromatic nitrogens is 2. The summed E-state index contributed by atoms with van der Waals surface area (Å²) in [6, 6.07) is 11.3. The number of carbonyl (C=O) groups is 1. The van der Waals surface area contributed by atoms with Crippen molar-refractivity contribution < 1.29 is 13.9 Å². The number of rotatable bonds is 4. The van der Waals surface area contributed by atoms with Crippen molar-refractivity contribution in [2.75, 3.05) is 4.90 Å². The summed E-state index contributed by atoms with van der Waals surface area (Å²) < 4.78 is 23.7. The third kappa shape index (κ3) is 3.26. The maximum atomic E-state index is 15.4. The Bertz CT molecular complexity index is 1110. The van der Waals surface area contributed by atoms with Crippen LogP contribution in [0.4, 0.5) is 10.1 Å². The average Bonchev–Trinajstić information content (AvgIpc) is 3.47. The van der Waals surface area contributed by atoms with Crippen molar-refractivity contribution >= 4 is 11.6 Å². The second kappa shape index (κ2) is 7.27. The number of anilines is 1. The lowest BCUT2D eigenvalue weighted by Crippen LogP contribution is -2.41. The maximum absolute atomic E-state index is 15.4. The first-order valence-corrected chi connectivity index (χ1v) is 10.5. The van der Waals surface area contributed by atoms with Gasteiger partial charge in [0.25, 0.3) is 0 Å². The SMILES string of the molecule is CC(=O)N1c2c(F)cc(-c3cnn(C4CC4)c3)c(Oc3ccccc3)c2CCC1C. The molecule has 1 atom stereocenters. The van der Waals surface area contributed by atoms with E-state index in [1.807, 2.05) is 48.1 Å². The van der Waals surface area contributed by atoms with Crippen LogP contribution in [-0.2, 0) is 11.2 Å². The number of para-hydroxylation sites is 1. The second-order valence-electron chi connectivity index (χ2n) is 8.19. The summed E-state index contributed by atoms with van der Waals surface area (Å²) in [6.07, 6.45) is 7.37. The zero-order valence-electron chi connectivity index (χ0n) is 17.1. The van der Waals surface area contributed by atoms with Gasteiger partial charge in [0, 0.05) is 35.9 Å². The van der Waals surface area contributed by atoms with Crippen LogP contribution in [0.25, 0.3) is 11.1 Å². The van der Waals surface area contributed by atoms with E-state index in [1.165, 1.54) is 13.0 Å². The molecule has 0 radical (unpaired) electrons. The van der Waals surface area contributed by atoms with E-state index in [2.05, 4.69) is 5.10 Å². The minimum absolute atomic E-state index is 0.0578. The third-order valence-electron chi connectivity index (χ3n) is 5.93. The third-order valence-corrected chi connectivity index (χ3v) is 5.93. The zero-order valence-corrected chi connectivity index (χ0v) is 17.1. The van der Waals surface area contributed by atoms with Crippen molar-refractivity contribution in [3.63, 3.8) is 0 Å². The van der Waals surface area contributed by atoms with E-state index in [1.54, 1.807) is 11.1 Å². The summed E-state index contributed by atoms with van der Waals surface area (Å²) in [5.41, 5.74) is 2.56. The lowest BCUT2D eigenvalue weighted by molar-refractivity contribution is -0.117. The van der Waals surface area contributed by atoms with Crippen LogP contribution in [0, 0.1) is 5.82 Å². The van der Waals surface area contributed by atoms with Crippen LogP contribution in [0.3, 0.4) is 0 Å². The highest BCUT2D eigenvalue weighted by molar-refractivity contribution is 5.95. The Kier molecular flexibility index (Phi) is 4.57. The van der Waals surface area contributed by atoms with E-state index in [9.17, 15) is 4.79 Å². The molecular weight excluding hydrogens is 381 g/mol. The van der Waals surface area contributed by atoms with Crippen molar-refractivity contribution in [1.82, 2.24) is 9.78 Å². The Morgan fingerprint density at radius 2 is 1.97 bits per heavy atom. The predicted molar refractivity (Wildman–Crippen MR) is 113 cm³/mol. The highest BCUT2D eigenvalue weighted by atomic mass is 19.1. The molecule has 1 fully saturated rings. The molecule has 2 aliphatic rings.